The lowest BCUT2D eigenvalue weighted by atomic mass is 10.0. The van der Waals surface area contributed by atoms with Crippen molar-refractivity contribution >= 4 is 17.2 Å². The Bertz CT molecular complexity index is 297. The standard InChI is InChI=1S/C10H11NS/c12-10-7-6-8-4-2-1-3-5-9(8)11-10/h1-2,4-5H,3,6-7H2,(H,11,12). The Morgan fingerprint density at radius 1 is 1.33 bits per heavy atom. The first-order valence-electron chi connectivity index (χ1n) is 4.22. The summed E-state index contributed by atoms with van der Waals surface area (Å²) in [6.07, 6.45) is 11.7. The second-order valence-corrected chi connectivity index (χ2v) is 3.51. The Kier molecular flexibility index (Phi) is 2.09. The van der Waals surface area contributed by atoms with Gasteiger partial charge in [-0.2, -0.15) is 0 Å². The summed E-state index contributed by atoms with van der Waals surface area (Å²) in [4.78, 5) is 0.973. The molecule has 1 saturated heterocycles. The number of thiocarbonyl (C=S) groups is 1. The van der Waals surface area contributed by atoms with E-state index in [2.05, 4.69) is 29.6 Å². The van der Waals surface area contributed by atoms with Crippen molar-refractivity contribution in [3.05, 3.63) is 35.6 Å². The van der Waals surface area contributed by atoms with Crippen molar-refractivity contribution in [2.75, 3.05) is 0 Å². The lowest BCUT2D eigenvalue weighted by Gasteiger charge is -2.20. The monoisotopic (exact) mass is 177 g/mol. The van der Waals surface area contributed by atoms with Crippen molar-refractivity contribution in [2.45, 2.75) is 19.3 Å². The molecule has 0 aromatic carbocycles. The fourth-order valence-electron chi connectivity index (χ4n) is 1.48. The van der Waals surface area contributed by atoms with Gasteiger partial charge in [-0.1, -0.05) is 36.5 Å². The van der Waals surface area contributed by atoms with Crippen LogP contribution in [0.4, 0.5) is 0 Å². The molecule has 0 aromatic rings. The van der Waals surface area contributed by atoms with Crippen molar-refractivity contribution in [3.63, 3.8) is 0 Å². The molecule has 0 aromatic heterocycles. The summed E-state index contributed by atoms with van der Waals surface area (Å²) in [5, 5.41) is 3.24. The van der Waals surface area contributed by atoms with Crippen LogP contribution in [0.1, 0.15) is 19.3 Å². The second kappa shape index (κ2) is 3.23. The van der Waals surface area contributed by atoms with Crippen LogP contribution in [-0.2, 0) is 0 Å². The van der Waals surface area contributed by atoms with Gasteiger partial charge in [0.15, 0.2) is 0 Å². The zero-order valence-electron chi connectivity index (χ0n) is 6.84. The average Bonchev–Trinajstić information content (AvgIpc) is 2.28. The van der Waals surface area contributed by atoms with E-state index in [-0.39, 0.29) is 0 Å². The quantitative estimate of drug-likeness (QED) is 0.570. The van der Waals surface area contributed by atoms with Gasteiger partial charge in [-0.25, -0.2) is 0 Å². The molecule has 0 saturated carbocycles. The molecule has 1 aliphatic carbocycles. The third-order valence-corrected chi connectivity index (χ3v) is 2.44. The summed E-state index contributed by atoms with van der Waals surface area (Å²) < 4.78 is 0. The van der Waals surface area contributed by atoms with E-state index in [1.54, 1.807) is 0 Å². The van der Waals surface area contributed by atoms with Gasteiger partial charge in [0.05, 0.1) is 4.99 Å². The van der Waals surface area contributed by atoms with Gasteiger partial charge in [0, 0.05) is 12.1 Å². The molecule has 62 valence electrons. The summed E-state index contributed by atoms with van der Waals surface area (Å²) in [5.41, 5.74) is 2.61. The fourth-order valence-corrected chi connectivity index (χ4v) is 1.69. The predicted octanol–water partition coefficient (Wildman–Crippen LogP) is 2.47. The maximum Gasteiger partial charge on any atom is 0.0800 e. The number of piperidine rings is 1. The summed E-state index contributed by atoms with van der Waals surface area (Å²) in [6.45, 7) is 0. The highest BCUT2D eigenvalue weighted by molar-refractivity contribution is 7.80. The normalized spacial score (nSPS) is 21.8. The lowest BCUT2D eigenvalue weighted by Crippen LogP contribution is -2.26. The second-order valence-electron chi connectivity index (χ2n) is 3.02. The van der Waals surface area contributed by atoms with Gasteiger partial charge in [0.2, 0.25) is 0 Å². The first kappa shape index (κ1) is 7.74. The number of fused-ring (bicyclic) bond motifs is 1. The van der Waals surface area contributed by atoms with Crippen molar-refractivity contribution in [2.24, 2.45) is 0 Å². The van der Waals surface area contributed by atoms with Crippen LogP contribution >= 0.6 is 12.2 Å². The number of hydrogen-bond acceptors (Lipinski definition) is 1. The van der Waals surface area contributed by atoms with Gasteiger partial charge < -0.3 is 5.32 Å². The minimum Gasteiger partial charge on any atom is -0.350 e. The van der Waals surface area contributed by atoms with Crippen LogP contribution in [0.15, 0.2) is 35.6 Å². The molecule has 0 atom stereocenters. The first-order valence-corrected chi connectivity index (χ1v) is 4.63. The van der Waals surface area contributed by atoms with E-state index in [4.69, 9.17) is 12.2 Å². The SMILES string of the molecule is S=C1CCC2=CC=CCC=C2N1. The van der Waals surface area contributed by atoms with Crippen molar-refractivity contribution in [3.8, 4) is 0 Å². The minimum atomic E-state index is 0.973. The Morgan fingerprint density at radius 3 is 3.17 bits per heavy atom. The van der Waals surface area contributed by atoms with Gasteiger partial charge >= 0.3 is 0 Å². The molecule has 0 bridgehead atoms. The molecule has 0 unspecified atom stereocenters. The maximum atomic E-state index is 5.12. The Balaban J connectivity index is 2.28. The summed E-state index contributed by atoms with van der Waals surface area (Å²) in [7, 11) is 0. The Hall–Kier alpha value is -0.890. The van der Waals surface area contributed by atoms with Gasteiger partial charge in [-0.05, 0) is 18.4 Å². The molecule has 0 amide bonds. The average molecular weight is 177 g/mol. The first-order chi connectivity index (χ1) is 5.86. The largest absolute Gasteiger partial charge is 0.350 e. The molecule has 1 heterocycles. The van der Waals surface area contributed by atoms with Crippen LogP contribution in [0.25, 0.3) is 0 Å². The molecule has 1 fully saturated rings. The van der Waals surface area contributed by atoms with E-state index in [1.807, 2.05) is 0 Å². The molecule has 1 N–H and O–H groups in total. The third kappa shape index (κ3) is 1.48. The van der Waals surface area contributed by atoms with E-state index < -0.39 is 0 Å². The molecule has 2 heteroatoms. The van der Waals surface area contributed by atoms with Crippen LogP contribution in [0, 0.1) is 0 Å². The lowest BCUT2D eigenvalue weighted by molar-refractivity contribution is 0.904. The predicted molar refractivity (Wildman–Crippen MR) is 54.9 cm³/mol. The van der Waals surface area contributed by atoms with Crippen molar-refractivity contribution in [1.82, 2.24) is 5.32 Å². The number of nitrogens with one attached hydrogen (secondary N) is 1. The van der Waals surface area contributed by atoms with E-state index >= 15 is 0 Å². The number of hydrogen-bond donors (Lipinski definition) is 1. The molecular weight excluding hydrogens is 166 g/mol. The van der Waals surface area contributed by atoms with E-state index in [0.717, 1.165) is 24.3 Å². The summed E-state index contributed by atoms with van der Waals surface area (Å²) in [6, 6.07) is 0. The molecule has 12 heavy (non-hydrogen) atoms. The Labute approximate surface area is 77.9 Å². The van der Waals surface area contributed by atoms with Gasteiger partial charge in [0.1, 0.15) is 0 Å². The number of rotatable bonds is 0. The molecule has 1 nitrogen and oxygen atoms in total. The van der Waals surface area contributed by atoms with Crippen molar-refractivity contribution < 1.29 is 0 Å². The molecule has 1 aliphatic heterocycles. The fraction of sp³-hybridized carbons (Fsp3) is 0.300. The molecule has 0 radical (unpaired) electrons. The highest BCUT2D eigenvalue weighted by Crippen LogP contribution is 2.22. The molecule has 0 spiro atoms. The van der Waals surface area contributed by atoms with Gasteiger partial charge in [0.25, 0.3) is 0 Å². The van der Waals surface area contributed by atoms with Crippen LogP contribution < -0.4 is 5.32 Å². The van der Waals surface area contributed by atoms with Gasteiger partial charge in [-0.15, -0.1) is 0 Å². The van der Waals surface area contributed by atoms with E-state index in [9.17, 15) is 0 Å². The smallest absolute Gasteiger partial charge is 0.0800 e. The number of allylic oxidation sites excluding steroid dienone is 5. The summed E-state index contributed by atoms with van der Waals surface area (Å²) in [5.74, 6) is 0. The zero-order valence-corrected chi connectivity index (χ0v) is 7.66. The molecule has 2 aliphatic rings. The summed E-state index contributed by atoms with van der Waals surface area (Å²) >= 11 is 5.12. The van der Waals surface area contributed by atoms with Crippen LogP contribution in [-0.4, -0.2) is 4.99 Å². The maximum absolute atomic E-state index is 5.12. The van der Waals surface area contributed by atoms with Crippen LogP contribution in [0.5, 0.6) is 0 Å². The minimum absolute atomic E-state index is 0.973. The van der Waals surface area contributed by atoms with E-state index in [0.29, 0.717) is 0 Å². The third-order valence-electron chi connectivity index (χ3n) is 2.13. The zero-order chi connectivity index (χ0) is 8.39. The highest BCUT2D eigenvalue weighted by Gasteiger charge is 2.13. The Morgan fingerprint density at radius 2 is 2.25 bits per heavy atom. The highest BCUT2D eigenvalue weighted by atomic mass is 32.1. The van der Waals surface area contributed by atoms with Crippen LogP contribution in [0.3, 0.4) is 0 Å². The molecular formula is C10H11NS. The van der Waals surface area contributed by atoms with Gasteiger partial charge in [-0.3, -0.25) is 0 Å². The van der Waals surface area contributed by atoms with Crippen LogP contribution in [0.2, 0.25) is 0 Å². The molecule has 2 rings (SSSR count). The topological polar surface area (TPSA) is 12.0 Å². The van der Waals surface area contributed by atoms with Crippen molar-refractivity contribution in [1.29, 1.82) is 0 Å². The van der Waals surface area contributed by atoms with E-state index in [1.165, 1.54) is 11.3 Å².